The quantitative estimate of drug-likeness (QED) is 0.802. The van der Waals surface area contributed by atoms with Crippen molar-refractivity contribution in [3.8, 4) is 0 Å². The van der Waals surface area contributed by atoms with Crippen LogP contribution in [0.1, 0.15) is 47.8 Å². The molecule has 2 saturated heterocycles. The molecule has 0 bridgehead atoms. The number of amides is 2. The molecule has 0 spiro atoms. The van der Waals surface area contributed by atoms with Gasteiger partial charge in [-0.05, 0) is 49.6 Å². The van der Waals surface area contributed by atoms with E-state index in [1.807, 2.05) is 40.0 Å². The fraction of sp³-hybridized carbons (Fsp3) is 0.450. The molecule has 2 N–H and O–H groups in total. The molecule has 2 aliphatic rings. The molecule has 0 radical (unpaired) electrons. The summed E-state index contributed by atoms with van der Waals surface area (Å²) < 4.78 is 1.89. The van der Waals surface area contributed by atoms with Gasteiger partial charge in [0.15, 0.2) is 0 Å². The maximum absolute atomic E-state index is 12.4. The lowest BCUT2D eigenvalue weighted by Crippen LogP contribution is -2.32. The van der Waals surface area contributed by atoms with Crippen molar-refractivity contribution in [2.45, 2.75) is 38.3 Å². The normalized spacial score (nSPS) is 19.4. The summed E-state index contributed by atoms with van der Waals surface area (Å²) in [6.45, 7) is 3.17. The molecule has 2 amide bonds. The molecule has 2 fully saturated rings. The third kappa shape index (κ3) is 4.54. The van der Waals surface area contributed by atoms with Gasteiger partial charge in [-0.15, -0.1) is 12.4 Å². The molecule has 0 saturated carbocycles. The van der Waals surface area contributed by atoms with Gasteiger partial charge < -0.3 is 15.5 Å². The molecule has 28 heavy (non-hydrogen) atoms. The SMILES string of the molecule is Cl.O=C(NCc1ccc(N2CCCC2=O)cc1)c1ccn(C2CCCNC2)n1. The number of rotatable bonds is 5. The highest BCUT2D eigenvalue weighted by atomic mass is 35.5. The van der Waals surface area contributed by atoms with Crippen LogP contribution in [-0.4, -0.2) is 41.2 Å². The Bertz CT molecular complexity index is 814. The largest absolute Gasteiger partial charge is 0.347 e. The van der Waals surface area contributed by atoms with Crippen LogP contribution in [0.25, 0.3) is 0 Å². The Morgan fingerprint density at radius 2 is 2.04 bits per heavy atom. The Morgan fingerprint density at radius 3 is 2.71 bits per heavy atom. The minimum Gasteiger partial charge on any atom is -0.347 e. The molecule has 1 atom stereocenters. The van der Waals surface area contributed by atoms with E-state index in [2.05, 4.69) is 15.7 Å². The van der Waals surface area contributed by atoms with Crippen molar-refractivity contribution >= 4 is 29.9 Å². The Balaban J connectivity index is 0.00000225. The third-order valence-electron chi connectivity index (χ3n) is 5.26. The maximum atomic E-state index is 12.4. The second kappa shape index (κ2) is 9.21. The van der Waals surface area contributed by atoms with E-state index in [9.17, 15) is 9.59 Å². The van der Waals surface area contributed by atoms with Crippen molar-refractivity contribution in [1.29, 1.82) is 0 Å². The van der Waals surface area contributed by atoms with Crippen LogP contribution in [0.2, 0.25) is 0 Å². The number of halogens is 1. The first-order valence-corrected chi connectivity index (χ1v) is 9.64. The lowest BCUT2D eigenvalue weighted by atomic mass is 10.1. The number of hydrogen-bond donors (Lipinski definition) is 2. The van der Waals surface area contributed by atoms with Crippen LogP contribution >= 0.6 is 12.4 Å². The average molecular weight is 404 g/mol. The summed E-state index contributed by atoms with van der Waals surface area (Å²) in [4.78, 5) is 26.0. The molecule has 2 aromatic rings. The van der Waals surface area contributed by atoms with Crippen molar-refractivity contribution in [3.63, 3.8) is 0 Å². The van der Waals surface area contributed by atoms with Crippen LogP contribution in [0, 0.1) is 0 Å². The van der Waals surface area contributed by atoms with Gasteiger partial charge in [-0.1, -0.05) is 12.1 Å². The van der Waals surface area contributed by atoms with Crippen LogP contribution in [0.5, 0.6) is 0 Å². The lowest BCUT2D eigenvalue weighted by molar-refractivity contribution is -0.117. The second-order valence-electron chi connectivity index (χ2n) is 7.18. The van der Waals surface area contributed by atoms with Gasteiger partial charge in [0.05, 0.1) is 6.04 Å². The van der Waals surface area contributed by atoms with Crippen molar-refractivity contribution in [2.24, 2.45) is 0 Å². The van der Waals surface area contributed by atoms with Crippen molar-refractivity contribution in [2.75, 3.05) is 24.5 Å². The molecule has 1 unspecified atom stereocenters. The highest BCUT2D eigenvalue weighted by Gasteiger charge is 2.21. The number of benzene rings is 1. The van der Waals surface area contributed by atoms with Crippen LogP contribution < -0.4 is 15.5 Å². The van der Waals surface area contributed by atoms with E-state index in [4.69, 9.17) is 0 Å². The van der Waals surface area contributed by atoms with E-state index in [1.165, 1.54) is 0 Å². The van der Waals surface area contributed by atoms with Gasteiger partial charge in [-0.2, -0.15) is 5.10 Å². The number of nitrogens with zero attached hydrogens (tertiary/aromatic N) is 3. The summed E-state index contributed by atoms with van der Waals surface area (Å²) in [6, 6.07) is 9.87. The van der Waals surface area contributed by atoms with Gasteiger partial charge in [-0.25, -0.2) is 0 Å². The monoisotopic (exact) mass is 403 g/mol. The maximum Gasteiger partial charge on any atom is 0.272 e. The highest BCUT2D eigenvalue weighted by molar-refractivity contribution is 5.95. The highest BCUT2D eigenvalue weighted by Crippen LogP contribution is 2.21. The first-order chi connectivity index (χ1) is 13.2. The zero-order valence-electron chi connectivity index (χ0n) is 15.8. The molecule has 4 rings (SSSR count). The van der Waals surface area contributed by atoms with E-state index in [0.717, 1.165) is 50.1 Å². The Kier molecular flexibility index (Phi) is 6.70. The molecular formula is C20H26ClN5O2. The summed E-state index contributed by atoms with van der Waals surface area (Å²) in [7, 11) is 0. The number of anilines is 1. The van der Waals surface area contributed by atoms with Crippen LogP contribution in [-0.2, 0) is 11.3 Å². The van der Waals surface area contributed by atoms with Crippen molar-refractivity contribution in [1.82, 2.24) is 20.4 Å². The van der Waals surface area contributed by atoms with Gasteiger partial charge in [0.2, 0.25) is 5.91 Å². The van der Waals surface area contributed by atoms with Gasteiger partial charge in [0.1, 0.15) is 5.69 Å². The Hall–Kier alpha value is -2.38. The number of aromatic nitrogens is 2. The zero-order valence-corrected chi connectivity index (χ0v) is 16.6. The van der Waals surface area contributed by atoms with Crippen molar-refractivity contribution < 1.29 is 9.59 Å². The zero-order chi connectivity index (χ0) is 18.6. The Morgan fingerprint density at radius 1 is 1.21 bits per heavy atom. The van der Waals surface area contributed by atoms with Crippen LogP contribution in [0.3, 0.4) is 0 Å². The summed E-state index contributed by atoms with van der Waals surface area (Å²) >= 11 is 0. The lowest BCUT2D eigenvalue weighted by Gasteiger charge is -2.22. The third-order valence-corrected chi connectivity index (χ3v) is 5.26. The van der Waals surface area contributed by atoms with Gasteiger partial charge in [-0.3, -0.25) is 14.3 Å². The molecule has 150 valence electrons. The molecule has 2 aliphatic heterocycles. The standard InChI is InChI=1S/C20H25N5O2.ClH/c26-19-4-2-11-24(19)16-7-5-15(6-8-16)13-22-20(27)18-9-12-25(23-18)17-3-1-10-21-14-17;/h5-9,12,17,21H,1-4,10-11,13-14H2,(H,22,27);1H. The van der Waals surface area contributed by atoms with Gasteiger partial charge in [0, 0.05) is 37.9 Å². The predicted octanol–water partition coefficient (Wildman–Crippen LogP) is 2.29. The van der Waals surface area contributed by atoms with E-state index in [1.54, 1.807) is 6.07 Å². The van der Waals surface area contributed by atoms with E-state index >= 15 is 0 Å². The number of nitrogens with one attached hydrogen (secondary N) is 2. The smallest absolute Gasteiger partial charge is 0.272 e. The summed E-state index contributed by atoms with van der Waals surface area (Å²) in [6.07, 6.45) is 5.64. The first-order valence-electron chi connectivity index (χ1n) is 9.64. The van der Waals surface area contributed by atoms with E-state index in [-0.39, 0.29) is 24.2 Å². The van der Waals surface area contributed by atoms with Crippen LogP contribution in [0.15, 0.2) is 36.5 Å². The molecule has 1 aromatic carbocycles. The minimum atomic E-state index is -0.170. The fourth-order valence-corrected chi connectivity index (χ4v) is 3.71. The van der Waals surface area contributed by atoms with Gasteiger partial charge >= 0.3 is 0 Å². The number of carbonyl (C=O) groups is 2. The average Bonchev–Trinajstić information content (AvgIpc) is 3.37. The molecule has 1 aromatic heterocycles. The van der Waals surface area contributed by atoms with Gasteiger partial charge in [0.25, 0.3) is 5.91 Å². The number of piperidine rings is 1. The van der Waals surface area contributed by atoms with Crippen LogP contribution in [0.4, 0.5) is 5.69 Å². The molecule has 0 aliphatic carbocycles. The predicted molar refractivity (Wildman–Crippen MR) is 110 cm³/mol. The van der Waals surface area contributed by atoms with E-state index in [0.29, 0.717) is 24.7 Å². The van der Waals surface area contributed by atoms with E-state index < -0.39 is 0 Å². The summed E-state index contributed by atoms with van der Waals surface area (Å²) in [5.41, 5.74) is 2.36. The molecule has 8 heteroatoms. The molecule has 7 nitrogen and oxygen atoms in total. The Labute approximate surface area is 170 Å². The summed E-state index contributed by atoms with van der Waals surface area (Å²) in [5.74, 6) is 0.0103. The fourth-order valence-electron chi connectivity index (χ4n) is 3.71. The topological polar surface area (TPSA) is 79.3 Å². The molecule has 3 heterocycles. The first kappa shape index (κ1) is 20.4. The number of hydrogen-bond acceptors (Lipinski definition) is 4. The second-order valence-corrected chi connectivity index (χ2v) is 7.18. The van der Waals surface area contributed by atoms with Crippen molar-refractivity contribution in [3.05, 3.63) is 47.8 Å². The summed E-state index contributed by atoms with van der Waals surface area (Å²) in [5, 5.41) is 10.7. The minimum absolute atomic E-state index is 0. The molecular weight excluding hydrogens is 378 g/mol. The number of carbonyl (C=O) groups excluding carboxylic acids is 2.